The lowest BCUT2D eigenvalue weighted by atomic mass is 10.1. The van der Waals surface area contributed by atoms with Crippen LogP contribution >= 0.6 is 0 Å². The van der Waals surface area contributed by atoms with Crippen molar-refractivity contribution in [3.8, 4) is 11.4 Å². The summed E-state index contributed by atoms with van der Waals surface area (Å²) in [6, 6.07) is 10.4. The third kappa shape index (κ3) is 5.45. The van der Waals surface area contributed by atoms with Crippen LogP contribution in [0.1, 0.15) is 21.6 Å². The van der Waals surface area contributed by atoms with Gasteiger partial charge >= 0.3 is 6.18 Å². The Bertz CT molecular complexity index is 1220. The maximum absolute atomic E-state index is 13.0. The Labute approximate surface area is 181 Å². The second-order valence-corrected chi connectivity index (χ2v) is 8.30. The minimum atomic E-state index is -4.51. The lowest BCUT2D eigenvalue weighted by Gasteiger charge is -2.08. The van der Waals surface area contributed by atoms with Crippen molar-refractivity contribution in [1.29, 1.82) is 0 Å². The molecule has 1 amide bonds. The number of amides is 1. The first kappa shape index (κ1) is 23.3. The highest BCUT2D eigenvalue weighted by Gasteiger charge is 2.30. The Morgan fingerprint density at radius 2 is 1.88 bits per heavy atom. The van der Waals surface area contributed by atoms with Gasteiger partial charge in [-0.2, -0.15) is 18.3 Å². The number of carbonyl (C=O) groups excluding carboxylic acids is 1. The number of sulfonamides is 1. The third-order valence-electron chi connectivity index (χ3n) is 4.50. The van der Waals surface area contributed by atoms with Crippen LogP contribution in [-0.4, -0.2) is 37.8 Å². The van der Waals surface area contributed by atoms with E-state index in [2.05, 4.69) is 10.4 Å². The number of nitrogens with two attached hydrogens (primary N) is 1. The molecule has 1 aromatic heterocycles. The first-order valence-electron chi connectivity index (χ1n) is 9.20. The van der Waals surface area contributed by atoms with Crippen LogP contribution in [0.25, 0.3) is 5.69 Å². The molecule has 0 aliphatic heterocycles. The standard InChI is InChI=1S/C20H19F3N4O4S/c1-31-17-12-27(15-4-2-3-14(11-15)20(21,22)23)26-18(17)19(28)25-10-9-13-5-7-16(8-6-13)32(24,29)30/h2-8,11-12H,9-10H2,1H3,(H,25,28)(H2,24,29,30). The van der Waals surface area contributed by atoms with Crippen LogP contribution in [-0.2, 0) is 22.6 Å². The highest BCUT2D eigenvalue weighted by molar-refractivity contribution is 7.89. The first-order chi connectivity index (χ1) is 15.0. The number of halogens is 3. The van der Waals surface area contributed by atoms with Crippen molar-refractivity contribution in [2.75, 3.05) is 13.7 Å². The number of alkyl halides is 3. The summed E-state index contributed by atoms with van der Waals surface area (Å²) in [5.41, 5.74) is -0.0512. The number of nitrogens with zero attached hydrogens (tertiary/aromatic N) is 2. The number of carbonyl (C=O) groups is 1. The van der Waals surface area contributed by atoms with Crippen molar-refractivity contribution >= 4 is 15.9 Å². The van der Waals surface area contributed by atoms with Gasteiger partial charge < -0.3 is 10.1 Å². The monoisotopic (exact) mass is 468 g/mol. The molecular weight excluding hydrogens is 449 g/mol. The number of rotatable bonds is 7. The lowest BCUT2D eigenvalue weighted by molar-refractivity contribution is -0.137. The van der Waals surface area contributed by atoms with E-state index in [4.69, 9.17) is 9.88 Å². The summed E-state index contributed by atoms with van der Waals surface area (Å²) in [4.78, 5) is 12.5. The van der Waals surface area contributed by atoms with Crippen LogP contribution in [0.15, 0.2) is 59.6 Å². The largest absolute Gasteiger partial charge is 0.493 e. The molecule has 0 radical (unpaired) electrons. The van der Waals surface area contributed by atoms with Gasteiger partial charge in [0.1, 0.15) is 0 Å². The Kier molecular flexibility index (Phi) is 6.55. The number of methoxy groups -OCH3 is 1. The molecule has 0 saturated heterocycles. The molecule has 0 fully saturated rings. The molecule has 1 heterocycles. The molecule has 0 aliphatic rings. The predicted octanol–water partition coefficient (Wildman–Crippen LogP) is 2.52. The van der Waals surface area contributed by atoms with E-state index in [9.17, 15) is 26.4 Å². The highest BCUT2D eigenvalue weighted by atomic mass is 32.2. The summed E-state index contributed by atoms with van der Waals surface area (Å²) in [7, 11) is -2.47. The minimum Gasteiger partial charge on any atom is -0.493 e. The van der Waals surface area contributed by atoms with E-state index in [-0.39, 0.29) is 28.6 Å². The van der Waals surface area contributed by atoms with Crippen molar-refractivity contribution < 1.29 is 31.1 Å². The Morgan fingerprint density at radius 1 is 1.19 bits per heavy atom. The summed E-state index contributed by atoms with van der Waals surface area (Å²) < 4.78 is 67.7. The minimum absolute atomic E-state index is 0.0184. The molecule has 3 rings (SSSR count). The summed E-state index contributed by atoms with van der Waals surface area (Å²) in [5.74, 6) is -0.480. The fourth-order valence-electron chi connectivity index (χ4n) is 2.87. The Hall–Kier alpha value is -3.38. The molecule has 0 unspecified atom stereocenters. The van der Waals surface area contributed by atoms with E-state index < -0.39 is 27.7 Å². The van der Waals surface area contributed by atoms with E-state index in [0.717, 1.165) is 22.4 Å². The van der Waals surface area contributed by atoms with E-state index in [1.807, 2.05) is 0 Å². The van der Waals surface area contributed by atoms with Gasteiger partial charge in [-0.3, -0.25) is 4.79 Å². The molecule has 0 saturated carbocycles. The summed E-state index contributed by atoms with van der Waals surface area (Å²) >= 11 is 0. The van der Waals surface area contributed by atoms with Crippen LogP contribution < -0.4 is 15.2 Å². The summed E-state index contributed by atoms with van der Waals surface area (Å²) in [6.07, 6.45) is -2.80. The zero-order chi connectivity index (χ0) is 23.5. The smallest absolute Gasteiger partial charge is 0.416 e. The predicted molar refractivity (Wildman–Crippen MR) is 109 cm³/mol. The fraction of sp³-hybridized carbons (Fsp3) is 0.200. The van der Waals surface area contributed by atoms with Gasteiger partial charge in [0.25, 0.3) is 5.91 Å². The zero-order valence-electron chi connectivity index (χ0n) is 16.8. The molecule has 0 bridgehead atoms. The second-order valence-electron chi connectivity index (χ2n) is 6.73. The maximum Gasteiger partial charge on any atom is 0.416 e. The van der Waals surface area contributed by atoms with Gasteiger partial charge in [-0.25, -0.2) is 18.2 Å². The van der Waals surface area contributed by atoms with Gasteiger partial charge in [-0.1, -0.05) is 18.2 Å². The topological polar surface area (TPSA) is 116 Å². The van der Waals surface area contributed by atoms with Crippen LogP contribution in [0.4, 0.5) is 13.2 Å². The van der Waals surface area contributed by atoms with Crippen LogP contribution in [0.2, 0.25) is 0 Å². The lowest BCUT2D eigenvalue weighted by Crippen LogP contribution is -2.26. The number of aromatic nitrogens is 2. The number of ether oxygens (including phenoxy) is 1. The molecule has 3 aromatic rings. The quantitative estimate of drug-likeness (QED) is 0.553. The summed E-state index contributed by atoms with van der Waals surface area (Å²) in [5, 5.41) is 11.8. The van der Waals surface area contributed by atoms with Crippen molar-refractivity contribution in [2.45, 2.75) is 17.5 Å². The molecule has 0 spiro atoms. The molecular formula is C20H19F3N4O4S. The van der Waals surface area contributed by atoms with E-state index in [1.54, 1.807) is 12.1 Å². The van der Waals surface area contributed by atoms with Crippen LogP contribution in [0.3, 0.4) is 0 Å². The normalized spacial score (nSPS) is 11.9. The number of nitrogens with one attached hydrogen (secondary N) is 1. The van der Waals surface area contributed by atoms with Crippen molar-refractivity contribution in [2.24, 2.45) is 5.14 Å². The molecule has 8 nitrogen and oxygen atoms in total. The number of hydrogen-bond acceptors (Lipinski definition) is 5. The third-order valence-corrected chi connectivity index (χ3v) is 5.43. The van der Waals surface area contributed by atoms with Gasteiger partial charge in [-0.05, 0) is 42.3 Å². The Balaban J connectivity index is 1.70. The van der Waals surface area contributed by atoms with Gasteiger partial charge in [0, 0.05) is 6.54 Å². The van der Waals surface area contributed by atoms with Gasteiger partial charge in [0.2, 0.25) is 10.0 Å². The van der Waals surface area contributed by atoms with Gasteiger partial charge in [0.15, 0.2) is 11.4 Å². The Morgan fingerprint density at radius 3 is 2.47 bits per heavy atom. The van der Waals surface area contributed by atoms with Crippen LogP contribution in [0, 0.1) is 0 Å². The fourth-order valence-corrected chi connectivity index (χ4v) is 3.39. The van der Waals surface area contributed by atoms with Gasteiger partial charge in [-0.15, -0.1) is 0 Å². The van der Waals surface area contributed by atoms with Crippen molar-refractivity contribution in [1.82, 2.24) is 15.1 Å². The van der Waals surface area contributed by atoms with E-state index in [0.29, 0.717) is 6.42 Å². The second kappa shape index (κ2) is 9.01. The highest BCUT2D eigenvalue weighted by Crippen LogP contribution is 2.30. The number of hydrogen-bond donors (Lipinski definition) is 2. The molecule has 0 aliphatic carbocycles. The van der Waals surface area contributed by atoms with Crippen LogP contribution in [0.5, 0.6) is 5.75 Å². The SMILES string of the molecule is COc1cn(-c2cccc(C(F)(F)F)c2)nc1C(=O)NCCc1ccc(S(N)(=O)=O)cc1. The average Bonchev–Trinajstić information content (AvgIpc) is 3.17. The molecule has 32 heavy (non-hydrogen) atoms. The maximum atomic E-state index is 13.0. The number of primary sulfonamides is 1. The van der Waals surface area contributed by atoms with E-state index in [1.165, 1.54) is 37.6 Å². The van der Waals surface area contributed by atoms with Crippen molar-refractivity contribution in [3.63, 3.8) is 0 Å². The zero-order valence-corrected chi connectivity index (χ0v) is 17.6. The summed E-state index contributed by atoms with van der Waals surface area (Å²) in [6.45, 7) is 0.202. The average molecular weight is 468 g/mol. The first-order valence-corrected chi connectivity index (χ1v) is 10.7. The molecule has 12 heteroatoms. The van der Waals surface area contributed by atoms with Crippen molar-refractivity contribution in [3.05, 3.63) is 71.5 Å². The molecule has 170 valence electrons. The molecule has 2 aromatic carbocycles. The number of benzene rings is 2. The van der Waals surface area contributed by atoms with Gasteiger partial charge in [0.05, 0.1) is 29.5 Å². The van der Waals surface area contributed by atoms with E-state index >= 15 is 0 Å². The molecule has 0 atom stereocenters. The molecule has 3 N–H and O–H groups in total.